The third-order valence-electron chi connectivity index (χ3n) is 4.29. The molecule has 1 aliphatic heterocycles. The van der Waals surface area contributed by atoms with Crippen LogP contribution in [0.3, 0.4) is 0 Å². The molecule has 1 unspecified atom stereocenters. The van der Waals surface area contributed by atoms with Crippen molar-refractivity contribution in [3.63, 3.8) is 0 Å². The van der Waals surface area contributed by atoms with Gasteiger partial charge in [0, 0.05) is 30.4 Å². The van der Waals surface area contributed by atoms with Crippen LogP contribution in [-0.4, -0.2) is 51.3 Å². The molecule has 0 spiro atoms. The predicted molar refractivity (Wildman–Crippen MR) is 109 cm³/mol. The van der Waals surface area contributed by atoms with Gasteiger partial charge < -0.3 is 30.2 Å². The number of rotatable bonds is 8. The minimum Gasteiger partial charge on any atom is -0.493 e. The van der Waals surface area contributed by atoms with Gasteiger partial charge in [-0.3, -0.25) is 9.59 Å². The van der Waals surface area contributed by atoms with Gasteiger partial charge >= 0.3 is 0 Å². The Bertz CT molecular complexity index is 837. The zero-order chi connectivity index (χ0) is 20.5. The lowest BCUT2D eigenvalue weighted by molar-refractivity contribution is -0.118. The Balaban J connectivity index is 1.49. The van der Waals surface area contributed by atoms with Crippen LogP contribution in [0.25, 0.3) is 0 Å². The number of anilines is 2. The molecule has 154 valence electrons. The van der Waals surface area contributed by atoms with Crippen LogP contribution in [0, 0.1) is 0 Å². The van der Waals surface area contributed by atoms with Crippen molar-refractivity contribution in [3.8, 4) is 11.5 Å². The number of hydrogen-bond acceptors (Lipinski definition) is 6. The highest BCUT2D eigenvalue weighted by Gasteiger charge is 2.17. The molecule has 0 aromatic heterocycles. The standard InChI is InChI=1S/C21H25N3O5/c1-27-18-7-2-3-8-19(18)29-14-21(26)24-16-6-4-5-15(11-16)23-20(25)12-17-13-28-10-9-22-17/h2-8,11,17,22H,9-10,12-14H2,1H3,(H,23,25)(H,24,26). The van der Waals surface area contributed by atoms with Gasteiger partial charge in [-0.15, -0.1) is 0 Å². The van der Waals surface area contributed by atoms with Crippen molar-refractivity contribution < 1.29 is 23.8 Å². The van der Waals surface area contributed by atoms with Gasteiger partial charge in [0.15, 0.2) is 18.1 Å². The molecule has 0 radical (unpaired) electrons. The summed E-state index contributed by atoms with van der Waals surface area (Å²) >= 11 is 0. The lowest BCUT2D eigenvalue weighted by Gasteiger charge is -2.23. The number of carbonyl (C=O) groups excluding carboxylic acids is 2. The first-order valence-corrected chi connectivity index (χ1v) is 9.41. The highest BCUT2D eigenvalue weighted by molar-refractivity contribution is 5.94. The number of benzene rings is 2. The van der Waals surface area contributed by atoms with Gasteiger partial charge in [0.1, 0.15) is 0 Å². The Labute approximate surface area is 169 Å². The van der Waals surface area contributed by atoms with Gasteiger partial charge in [-0.1, -0.05) is 18.2 Å². The number of morpholine rings is 1. The van der Waals surface area contributed by atoms with E-state index in [4.69, 9.17) is 14.2 Å². The van der Waals surface area contributed by atoms with Crippen LogP contribution in [0.5, 0.6) is 11.5 Å². The van der Waals surface area contributed by atoms with E-state index in [9.17, 15) is 9.59 Å². The van der Waals surface area contributed by atoms with Gasteiger partial charge in [-0.05, 0) is 30.3 Å². The summed E-state index contributed by atoms with van der Waals surface area (Å²) in [5.74, 6) is 0.619. The molecular formula is C21H25N3O5. The predicted octanol–water partition coefficient (Wildman–Crippen LogP) is 2.03. The number of nitrogens with one attached hydrogen (secondary N) is 3. The number of carbonyl (C=O) groups is 2. The Hall–Kier alpha value is -3.10. The fourth-order valence-electron chi connectivity index (χ4n) is 2.94. The third-order valence-corrected chi connectivity index (χ3v) is 4.29. The quantitative estimate of drug-likeness (QED) is 0.628. The molecule has 0 saturated carbocycles. The SMILES string of the molecule is COc1ccccc1OCC(=O)Nc1cccc(NC(=O)CC2COCCN2)c1. The first-order valence-electron chi connectivity index (χ1n) is 9.41. The molecule has 8 heteroatoms. The zero-order valence-corrected chi connectivity index (χ0v) is 16.3. The summed E-state index contributed by atoms with van der Waals surface area (Å²) in [6.45, 7) is 1.77. The molecule has 1 fully saturated rings. The van der Waals surface area contributed by atoms with Crippen molar-refractivity contribution in [2.24, 2.45) is 0 Å². The summed E-state index contributed by atoms with van der Waals surface area (Å²) in [6, 6.07) is 14.1. The maximum absolute atomic E-state index is 12.2. The van der Waals surface area contributed by atoms with Gasteiger partial charge in [-0.25, -0.2) is 0 Å². The van der Waals surface area contributed by atoms with Crippen LogP contribution in [0.15, 0.2) is 48.5 Å². The Morgan fingerprint density at radius 2 is 1.79 bits per heavy atom. The van der Waals surface area contributed by atoms with Crippen LogP contribution in [0.4, 0.5) is 11.4 Å². The maximum Gasteiger partial charge on any atom is 0.262 e. The van der Waals surface area contributed by atoms with E-state index in [1.165, 1.54) is 0 Å². The molecule has 1 atom stereocenters. The molecule has 0 aliphatic carbocycles. The molecule has 1 heterocycles. The second-order valence-electron chi connectivity index (χ2n) is 6.55. The summed E-state index contributed by atoms with van der Waals surface area (Å²) in [6.07, 6.45) is 0.323. The normalized spacial score (nSPS) is 16.0. The second kappa shape index (κ2) is 10.4. The monoisotopic (exact) mass is 399 g/mol. The fraction of sp³-hybridized carbons (Fsp3) is 0.333. The van der Waals surface area contributed by atoms with E-state index in [0.29, 0.717) is 42.5 Å². The summed E-state index contributed by atoms with van der Waals surface area (Å²) in [5, 5.41) is 8.84. The smallest absolute Gasteiger partial charge is 0.262 e. The Morgan fingerprint density at radius 1 is 1.07 bits per heavy atom. The van der Waals surface area contributed by atoms with Gasteiger partial charge in [0.05, 0.1) is 20.3 Å². The molecule has 1 aliphatic rings. The van der Waals surface area contributed by atoms with E-state index < -0.39 is 0 Å². The molecule has 2 aromatic carbocycles. The average Bonchev–Trinajstić information content (AvgIpc) is 2.73. The minimum atomic E-state index is -0.317. The van der Waals surface area contributed by atoms with Crippen molar-refractivity contribution in [1.82, 2.24) is 5.32 Å². The Kier molecular flexibility index (Phi) is 7.43. The van der Waals surface area contributed by atoms with Crippen LogP contribution in [-0.2, 0) is 14.3 Å². The molecule has 0 bridgehead atoms. The van der Waals surface area contributed by atoms with Crippen molar-refractivity contribution in [2.45, 2.75) is 12.5 Å². The first-order chi connectivity index (χ1) is 14.1. The number of ether oxygens (including phenoxy) is 3. The summed E-state index contributed by atoms with van der Waals surface area (Å²) < 4.78 is 16.1. The summed E-state index contributed by atoms with van der Waals surface area (Å²) in [5.41, 5.74) is 1.17. The van der Waals surface area contributed by atoms with E-state index in [1.54, 1.807) is 49.6 Å². The second-order valence-corrected chi connectivity index (χ2v) is 6.55. The van der Waals surface area contributed by atoms with Crippen LogP contribution >= 0.6 is 0 Å². The minimum absolute atomic E-state index is 0.0127. The van der Waals surface area contributed by atoms with Gasteiger partial charge in [0.25, 0.3) is 5.91 Å². The Morgan fingerprint density at radius 3 is 2.48 bits per heavy atom. The van der Waals surface area contributed by atoms with E-state index in [2.05, 4.69) is 16.0 Å². The van der Waals surface area contributed by atoms with Crippen LogP contribution in [0.1, 0.15) is 6.42 Å². The maximum atomic E-state index is 12.2. The lowest BCUT2D eigenvalue weighted by atomic mass is 10.2. The van der Waals surface area contributed by atoms with Crippen molar-refractivity contribution in [3.05, 3.63) is 48.5 Å². The molecule has 3 N–H and O–H groups in total. The highest BCUT2D eigenvalue weighted by atomic mass is 16.5. The summed E-state index contributed by atoms with van der Waals surface area (Å²) in [4.78, 5) is 24.4. The highest BCUT2D eigenvalue weighted by Crippen LogP contribution is 2.25. The fourth-order valence-corrected chi connectivity index (χ4v) is 2.94. The van der Waals surface area contributed by atoms with E-state index in [1.807, 2.05) is 6.07 Å². The molecule has 8 nitrogen and oxygen atoms in total. The van der Waals surface area contributed by atoms with Crippen LogP contribution in [0.2, 0.25) is 0 Å². The molecule has 2 amide bonds. The number of methoxy groups -OCH3 is 1. The van der Waals surface area contributed by atoms with Crippen molar-refractivity contribution in [2.75, 3.05) is 44.1 Å². The molecule has 2 aromatic rings. The van der Waals surface area contributed by atoms with Crippen LogP contribution < -0.4 is 25.4 Å². The zero-order valence-electron chi connectivity index (χ0n) is 16.3. The molecule has 1 saturated heterocycles. The molecule has 3 rings (SSSR count). The topological polar surface area (TPSA) is 97.9 Å². The largest absolute Gasteiger partial charge is 0.493 e. The first kappa shape index (κ1) is 20.6. The number of para-hydroxylation sites is 2. The molecule has 29 heavy (non-hydrogen) atoms. The van der Waals surface area contributed by atoms with Crippen molar-refractivity contribution in [1.29, 1.82) is 0 Å². The van der Waals surface area contributed by atoms with Crippen molar-refractivity contribution >= 4 is 23.2 Å². The van der Waals surface area contributed by atoms with Gasteiger partial charge in [-0.2, -0.15) is 0 Å². The average molecular weight is 399 g/mol. The lowest BCUT2D eigenvalue weighted by Crippen LogP contribution is -2.43. The van der Waals surface area contributed by atoms with E-state index in [-0.39, 0.29) is 24.5 Å². The third kappa shape index (κ3) is 6.48. The van der Waals surface area contributed by atoms with E-state index in [0.717, 1.165) is 6.54 Å². The van der Waals surface area contributed by atoms with E-state index >= 15 is 0 Å². The summed E-state index contributed by atoms with van der Waals surface area (Å²) in [7, 11) is 1.54. The number of amides is 2. The molecular weight excluding hydrogens is 374 g/mol. The van der Waals surface area contributed by atoms with Gasteiger partial charge in [0.2, 0.25) is 5.91 Å². The number of hydrogen-bond donors (Lipinski definition) is 3.